The number of hydrogen-bond donors (Lipinski definition) is 0. The monoisotopic (exact) mass is 470 g/mol. The number of alkyl halides is 3. The quantitative estimate of drug-likeness (QED) is 0.523. The first-order valence-electron chi connectivity index (χ1n) is 9.84. The second kappa shape index (κ2) is 8.71. The minimum Gasteiger partial charge on any atom is -0.390 e. The van der Waals surface area contributed by atoms with E-state index in [1.54, 1.807) is 23.1 Å². The van der Waals surface area contributed by atoms with Crippen LogP contribution in [-0.2, 0) is 22.4 Å². The second-order valence-electron chi connectivity index (χ2n) is 7.79. The van der Waals surface area contributed by atoms with E-state index in [-0.39, 0.29) is 24.5 Å². The summed E-state index contributed by atoms with van der Waals surface area (Å²) in [5.74, 6) is -0.0298. The molecule has 1 heterocycles. The number of amides is 1. The van der Waals surface area contributed by atoms with Gasteiger partial charge < -0.3 is 9.74 Å². The predicted molar refractivity (Wildman–Crippen MR) is 112 cm³/mol. The van der Waals surface area contributed by atoms with Gasteiger partial charge in [0.25, 0.3) is 0 Å². The van der Waals surface area contributed by atoms with E-state index in [2.05, 4.69) is 5.16 Å². The molecule has 9 heteroatoms. The number of oxime groups is 1. The average Bonchev–Trinajstić information content (AvgIpc) is 3.47. The van der Waals surface area contributed by atoms with Crippen molar-refractivity contribution in [1.82, 2.24) is 4.90 Å². The van der Waals surface area contributed by atoms with Gasteiger partial charge in [-0.05, 0) is 42.7 Å². The molecule has 0 saturated heterocycles. The van der Waals surface area contributed by atoms with E-state index < -0.39 is 11.7 Å². The van der Waals surface area contributed by atoms with Crippen LogP contribution in [0.1, 0.15) is 36.0 Å². The zero-order valence-electron chi connectivity index (χ0n) is 16.3. The van der Waals surface area contributed by atoms with Gasteiger partial charge in [0.1, 0.15) is 0 Å². The molecule has 4 rings (SSSR count). The number of carbonyl (C=O) groups excluding carboxylic acids is 1. The van der Waals surface area contributed by atoms with Gasteiger partial charge in [0.05, 0.1) is 27.9 Å². The Kier molecular flexibility index (Phi) is 6.17. The van der Waals surface area contributed by atoms with Crippen molar-refractivity contribution < 1.29 is 22.8 Å². The van der Waals surface area contributed by atoms with Crippen molar-refractivity contribution in [3.8, 4) is 0 Å². The average molecular weight is 471 g/mol. The van der Waals surface area contributed by atoms with Gasteiger partial charge in [-0.3, -0.25) is 4.79 Å². The summed E-state index contributed by atoms with van der Waals surface area (Å²) in [6.45, 7) is 0.514. The Hall–Kier alpha value is -2.25. The maximum Gasteiger partial charge on any atom is 0.416 e. The largest absolute Gasteiger partial charge is 0.416 e. The van der Waals surface area contributed by atoms with E-state index in [0.29, 0.717) is 34.3 Å². The molecule has 1 atom stereocenters. The Balaban J connectivity index is 1.43. The smallest absolute Gasteiger partial charge is 0.390 e. The molecule has 0 N–H and O–H groups in total. The van der Waals surface area contributed by atoms with E-state index in [0.717, 1.165) is 30.5 Å². The summed E-state index contributed by atoms with van der Waals surface area (Å²) in [4.78, 5) is 20.0. The molecule has 1 fully saturated rings. The van der Waals surface area contributed by atoms with E-state index >= 15 is 0 Å². The topological polar surface area (TPSA) is 41.9 Å². The number of hydrogen-bond acceptors (Lipinski definition) is 3. The molecule has 0 unspecified atom stereocenters. The molecule has 2 aliphatic rings. The normalized spacial score (nSPS) is 18.5. The highest BCUT2D eigenvalue weighted by Gasteiger charge is 2.36. The summed E-state index contributed by atoms with van der Waals surface area (Å²) in [5.41, 5.74) is 1.41. The Bertz CT molecular complexity index is 1000. The molecule has 2 aromatic rings. The van der Waals surface area contributed by atoms with Crippen molar-refractivity contribution in [3.63, 3.8) is 0 Å². The van der Waals surface area contributed by atoms with E-state index in [9.17, 15) is 18.0 Å². The van der Waals surface area contributed by atoms with Crippen LogP contribution in [0.3, 0.4) is 0 Å². The van der Waals surface area contributed by atoms with Gasteiger partial charge in [0, 0.05) is 24.4 Å². The first kappa shape index (κ1) is 22.0. The third-order valence-corrected chi connectivity index (χ3v) is 6.04. The van der Waals surface area contributed by atoms with Crippen LogP contribution in [0.2, 0.25) is 10.0 Å². The molecule has 2 aromatic carbocycles. The van der Waals surface area contributed by atoms with Crippen LogP contribution in [0.5, 0.6) is 0 Å². The maximum atomic E-state index is 12.8. The van der Waals surface area contributed by atoms with Gasteiger partial charge in [0.15, 0.2) is 6.10 Å². The molecule has 1 amide bonds. The molecule has 4 nitrogen and oxygen atoms in total. The van der Waals surface area contributed by atoms with Crippen LogP contribution in [0.25, 0.3) is 0 Å². The minimum absolute atomic E-state index is 0.00788. The standard InChI is InChI=1S/C22H19Cl2F3N2O2/c23-18-8-5-15(9-19(18)24)20-10-17(31-28-20)12-29(21(30)14-3-4-14)11-13-1-6-16(7-2-13)22(25,26)27/h1-2,5-9,14,17H,3-4,10-12H2/t17-/m1/s1. The zero-order valence-corrected chi connectivity index (χ0v) is 17.8. The molecule has 0 bridgehead atoms. The van der Waals surface area contributed by atoms with Gasteiger partial charge in [-0.15, -0.1) is 0 Å². The molecule has 1 aliphatic carbocycles. The highest BCUT2D eigenvalue weighted by molar-refractivity contribution is 6.42. The van der Waals surface area contributed by atoms with Gasteiger partial charge in [-0.1, -0.05) is 46.6 Å². The van der Waals surface area contributed by atoms with Crippen molar-refractivity contribution in [3.05, 3.63) is 69.2 Å². The van der Waals surface area contributed by atoms with Gasteiger partial charge in [-0.25, -0.2) is 0 Å². The third-order valence-electron chi connectivity index (χ3n) is 5.30. The molecule has 1 aliphatic heterocycles. The second-order valence-corrected chi connectivity index (χ2v) is 8.60. The third kappa shape index (κ3) is 5.33. The lowest BCUT2D eigenvalue weighted by atomic mass is 10.0. The van der Waals surface area contributed by atoms with Crippen molar-refractivity contribution >= 4 is 34.8 Å². The molecule has 0 radical (unpaired) electrons. The van der Waals surface area contributed by atoms with Crippen molar-refractivity contribution in [1.29, 1.82) is 0 Å². The summed E-state index contributed by atoms with van der Waals surface area (Å²) in [6.07, 6.45) is -2.59. The Morgan fingerprint density at radius 1 is 1.10 bits per heavy atom. The molecular formula is C22H19Cl2F3N2O2. The van der Waals surface area contributed by atoms with Crippen LogP contribution in [-0.4, -0.2) is 29.2 Å². The fourth-order valence-corrected chi connectivity index (χ4v) is 3.76. The van der Waals surface area contributed by atoms with Crippen LogP contribution in [0.4, 0.5) is 13.2 Å². The van der Waals surface area contributed by atoms with Gasteiger partial charge in [0.2, 0.25) is 5.91 Å². The molecule has 0 aromatic heterocycles. The number of carbonyl (C=O) groups is 1. The lowest BCUT2D eigenvalue weighted by Crippen LogP contribution is -2.38. The predicted octanol–water partition coefficient (Wildman–Crippen LogP) is 5.94. The van der Waals surface area contributed by atoms with Crippen molar-refractivity contribution in [2.45, 2.75) is 38.1 Å². The molecule has 164 valence electrons. The number of benzene rings is 2. The Morgan fingerprint density at radius 3 is 2.42 bits per heavy atom. The summed E-state index contributed by atoms with van der Waals surface area (Å²) in [6, 6.07) is 10.1. The highest BCUT2D eigenvalue weighted by atomic mass is 35.5. The Labute approximate surface area is 187 Å². The first-order valence-corrected chi connectivity index (χ1v) is 10.6. The molecule has 1 saturated carbocycles. The summed E-state index contributed by atoms with van der Waals surface area (Å²) in [7, 11) is 0. The van der Waals surface area contributed by atoms with Crippen LogP contribution in [0, 0.1) is 5.92 Å². The molecule has 0 spiro atoms. The number of halogens is 5. The van der Waals surface area contributed by atoms with Crippen molar-refractivity contribution in [2.75, 3.05) is 6.54 Å². The van der Waals surface area contributed by atoms with Crippen LogP contribution in [0.15, 0.2) is 47.6 Å². The molecular weight excluding hydrogens is 452 g/mol. The lowest BCUT2D eigenvalue weighted by molar-refractivity contribution is -0.138. The van der Waals surface area contributed by atoms with E-state index in [4.69, 9.17) is 28.0 Å². The lowest BCUT2D eigenvalue weighted by Gasteiger charge is -2.25. The minimum atomic E-state index is -4.39. The zero-order chi connectivity index (χ0) is 22.2. The van der Waals surface area contributed by atoms with Gasteiger partial charge in [-0.2, -0.15) is 13.2 Å². The first-order chi connectivity index (χ1) is 14.7. The highest BCUT2D eigenvalue weighted by Crippen LogP contribution is 2.33. The maximum absolute atomic E-state index is 12.8. The molecule has 31 heavy (non-hydrogen) atoms. The summed E-state index contributed by atoms with van der Waals surface area (Å²) >= 11 is 12.0. The fraction of sp³-hybridized carbons (Fsp3) is 0.364. The van der Waals surface area contributed by atoms with Crippen molar-refractivity contribution in [2.24, 2.45) is 11.1 Å². The van der Waals surface area contributed by atoms with Crippen LogP contribution < -0.4 is 0 Å². The van der Waals surface area contributed by atoms with E-state index in [1.807, 2.05) is 0 Å². The van der Waals surface area contributed by atoms with E-state index in [1.165, 1.54) is 12.1 Å². The fourth-order valence-electron chi connectivity index (χ4n) is 3.46. The number of rotatable bonds is 6. The summed E-state index contributed by atoms with van der Waals surface area (Å²) < 4.78 is 38.4. The number of nitrogens with zero attached hydrogens (tertiary/aromatic N) is 2. The SMILES string of the molecule is O=C(C1CC1)N(Cc1ccc(C(F)(F)F)cc1)C[C@H]1CC(c2ccc(Cl)c(Cl)c2)=NO1. The van der Waals surface area contributed by atoms with Crippen LogP contribution >= 0.6 is 23.2 Å². The Morgan fingerprint density at radius 2 is 1.81 bits per heavy atom. The van der Waals surface area contributed by atoms with Gasteiger partial charge >= 0.3 is 6.18 Å². The summed E-state index contributed by atoms with van der Waals surface area (Å²) in [5, 5.41) is 4.99.